The summed E-state index contributed by atoms with van der Waals surface area (Å²) in [4.78, 5) is 11.6. The highest BCUT2D eigenvalue weighted by atomic mass is 32.2. The Balaban J connectivity index is 1.72. The summed E-state index contributed by atoms with van der Waals surface area (Å²) in [6.07, 6.45) is 0. The molecule has 0 atom stereocenters. The molecule has 0 unspecified atom stereocenters. The molecule has 0 aliphatic rings. The smallest absolute Gasteiger partial charge is 0.230 e. The third-order valence-electron chi connectivity index (χ3n) is 1.98. The Morgan fingerprint density at radius 1 is 1.50 bits per heavy atom. The molecule has 0 spiro atoms. The summed E-state index contributed by atoms with van der Waals surface area (Å²) in [7, 11) is 0. The van der Waals surface area contributed by atoms with Crippen molar-refractivity contribution in [2.45, 2.75) is 24.7 Å². The molecule has 0 aromatic carbocycles. The van der Waals surface area contributed by atoms with Crippen LogP contribution in [0.1, 0.15) is 16.5 Å². The van der Waals surface area contributed by atoms with Crippen molar-refractivity contribution < 1.29 is 9.32 Å². The fourth-order valence-electron chi connectivity index (χ4n) is 1.21. The molecule has 0 radical (unpaired) electrons. The number of aryl methyl sites for hydroxylation is 2. The van der Waals surface area contributed by atoms with E-state index in [9.17, 15) is 4.79 Å². The minimum Gasteiger partial charge on any atom is -0.361 e. The Morgan fingerprint density at radius 3 is 2.94 bits per heavy atom. The van der Waals surface area contributed by atoms with Crippen LogP contribution < -0.4 is 5.32 Å². The van der Waals surface area contributed by atoms with E-state index in [4.69, 9.17) is 4.52 Å². The average Bonchev–Trinajstić information content (AvgIpc) is 2.93. The zero-order chi connectivity index (χ0) is 13.0. The van der Waals surface area contributed by atoms with Crippen molar-refractivity contribution in [1.82, 2.24) is 20.7 Å². The van der Waals surface area contributed by atoms with Crippen molar-refractivity contribution in [2.24, 2.45) is 0 Å². The van der Waals surface area contributed by atoms with Gasteiger partial charge in [-0.05, 0) is 13.8 Å². The summed E-state index contributed by atoms with van der Waals surface area (Å²) < 4.78 is 5.71. The van der Waals surface area contributed by atoms with Gasteiger partial charge in [-0.1, -0.05) is 28.3 Å². The van der Waals surface area contributed by atoms with Crippen molar-refractivity contribution in [3.63, 3.8) is 0 Å². The number of hydrogen-bond donors (Lipinski definition) is 1. The van der Waals surface area contributed by atoms with E-state index in [2.05, 4.69) is 20.7 Å². The molecule has 8 heteroatoms. The maximum atomic E-state index is 11.6. The lowest BCUT2D eigenvalue weighted by atomic mass is 10.4. The number of rotatable bonds is 5. The SMILES string of the molecule is Cc1cc(CNC(=O)CSc2nnc(C)s2)no1. The molecule has 0 saturated carbocycles. The van der Waals surface area contributed by atoms with E-state index in [-0.39, 0.29) is 5.91 Å². The van der Waals surface area contributed by atoms with Crippen molar-refractivity contribution >= 4 is 29.0 Å². The highest BCUT2D eigenvalue weighted by Crippen LogP contribution is 2.21. The van der Waals surface area contributed by atoms with Gasteiger partial charge in [0.25, 0.3) is 0 Å². The predicted molar refractivity (Wildman–Crippen MR) is 68.5 cm³/mol. The molecule has 2 rings (SSSR count). The molecule has 96 valence electrons. The van der Waals surface area contributed by atoms with E-state index in [1.807, 2.05) is 13.8 Å². The zero-order valence-electron chi connectivity index (χ0n) is 9.97. The molecule has 0 saturated heterocycles. The van der Waals surface area contributed by atoms with Crippen molar-refractivity contribution in [2.75, 3.05) is 5.75 Å². The maximum Gasteiger partial charge on any atom is 0.230 e. The number of amides is 1. The number of carbonyl (C=O) groups excluding carboxylic acids is 1. The first kappa shape index (κ1) is 13.0. The summed E-state index contributed by atoms with van der Waals surface area (Å²) in [6, 6.07) is 1.79. The van der Waals surface area contributed by atoms with E-state index in [1.54, 1.807) is 6.07 Å². The molecule has 18 heavy (non-hydrogen) atoms. The Hall–Kier alpha value is -1.41. The molecule has 2 aromatic heterocycles. The minimum atomic E-state index is -0.0616. The van der Waals surface area contributed by atoms with Crippen LogP contribution in [0.25, 0.3) is 0 Å². The summed E-state index contributed by atoms with van der Waals surface area (Å²) in [5, 5.41) is 15.3. The molecular formula is C10H12N4O2S2. The van der Waals surface area contributed by atoms with Crippen LogP contribution in [0.2, 0.25) is 0 Å². The van der Waals surface area contributed by atoms with Gasteiger partial charge in [-0.25, -0.2) is 0 Å². The lowest BCUT2D eigenvalue weighted by Gasteiger charge is -2.00. The minimum absolute atomic E-state index is 0.0616. The summed E-state index contributed by atoms with van der Waals surface area (Å²) in [5.41, 5.74) is 0.720. The molecule has 0 bridgehead atoms. The van der Waals surface area contributed by atoms with Gasteiger partial charge in [0.2, 0.25) is 5.91 Å². The van der Waals surface area contributed by atoms with Crippen LogP contribution in [0, 0.1) is 13.8 Å². The van der Waals surface area contributed by atoms with E-state index < -0.39 is 0 Å². The predicted octanol–water partition coefficient (Wildman–Crippen LogP) is 1.55. The van der Waals surface area contributed by atoms with Crippen LogP contribution in [-0.2, 0) is 11.3 Å². The van der Waals surface area contributed by atoms with Gasteiger partial charge in [0, 0.05) is 6.07 Å². The first-order valence-electron chi connectivity index (χ1n) is 5.25. The molecule has 6 nitrogen and oxygen atoms in total. The highest BCUT2D eigenvalue weighted by Gasteiger charge is 2.07. The molecule has 0 aliphatic heterocycles. The Bertz CT molecular complexity index is 491. The lowest BCUT2D eigenvalue weighted by Crippen LogP contribution is -2.24. The molecule has 2 heterocycles. The summed E-state index contributed by atoms with van der Waals surface area (Å²) >= 11 is 2.86. The molecule has 2 aromatic rings. The quantitative estimate of drug-likeness (QED) is 0.839. The number of aromatic nitrogens is 3. The second-order valence-electron chi connectivity index (χ2n) is 3.58. The monoisotopic (exact) mass is 284 g/mol. The Labute approximate surface area is 112 Å². The van der Waals surface area contributed by atoms with Crippen molar-refractivity contribution in [1.29, 1.82) is 0 Å². The molecule has 0 aliphatic carbocycles. The van der Waals surface area contributed by atoms with Gasteiger partial charge in [0.05, 0.1) is 12.3 Å². The number of thioether (sulfide) groups is 1. The van der Waals surface area contributed by atoms with Gasteiger partial charge in [0.1, 0.15) is 16.5 Å². The molecule has 1 amide bonds. The van der Waals surface area contributed by atoms with Crippen LogP contribution in [0.3, 0.4) is 0 Å². The molecule has 1 N–H and O–H groups in total. The van der Waals surface area contributed by atoms with E-state index in [0.29, 0.717) is 12.3 Å². The second kappa shape index (κ2) is 5.96. The third-order valence-corrected chi connectivity index (χ3v) is 3.95. The normalized spacial score (nSPS) is 10.6. The first-order chi connectivity index (χ1) is 8.63. The van der Waals surface area contributed by atoms with E-state index >= 15 is 0 Å². The van der Waals surface area contributed by atoms with E-state index in [0.717, 1.165) is 20.8 Å². The highest BCUT2D eigenvalue weighted by molar-refractivity contribution is 8.01. The topological polar surface area (TPSA) is 80.9 Å². The van der Waals surface area contributed by atoms with E-state index in [1.165, 1.54) is 23.1 Å². The van der Waals surface area contributed by atoms with Crippen LogP contribution >= 0.6 is 23.1 Å². The summed E-state index contributed by atoms with van der Waals surface area (Å²) in [6.45, 7) is 4.08. The van der Waals surface area contributed by atoms with Crippen LogP contribution in [0.4, 0.5) is 0 Å². The van der Waals surface area contributed by atoms with Gasteiger partial charge in [0.15, 0.2) is 4.34 Å². The van der Waals surface area contributed by atoms with Crippen LogP contribution in [0.15, 0.2) is 14.9 Å². The number of carbonyl (C=O) groups is 1. The van der Waals surface area contributed by atoms with Gasteiger partial charge in [-0.15, -0.1) is 10.2 Å². The average molecular weight is 284 g/mol. The molecular weight excluding hydrogens is 272 g/mol. The molecule has 0 fully saturated rings. The Kier molecular flexibility index (Phi) is 4.32. The largest absolute Gasteiger partial charge is 0.361 e. The Morgan fingerprint density at radius 2 is 2.33 bits per heavy atom. The zero-order valence-corrected chi connectivity index (χ0v) is 11.6. The fourth-order valence-corrected chi connectivity index (χ4v) is 2.85. The summed E-state index contributed by atoms with van der Waals surface area (Å²) in [5.74, 6) is 0.998. The number of nitrogens with one attached hydrogen (secondary N) is 1. The van der Waals surface area contributed by atoms with Gasteiger partial charge in [-0.3, -0.25) is 4.79 Å². The lowest BCUT2D eigenvalue weighted by molar-refractivity contribution is -0.118. The van der Waals surface area contributed by atoms with Gasteiger partial charge < -0.3 is 9.84 Å². The van der Waals surface area contributed by atoms with Crippen LogP contribution in [-0.4, -0.2) is 27.0 Å². The standard InChI is InChI=1S/C10H12N4O2S2/c1-6-3-8(14-16-6)4-11-9(15)5-17-10-13-12-7(2)18-10/h3H,4-5H2,1-2H3,(H,11,15). The van der Waals surface area contributed by atoms with Gasteiger partial charge >= 0.3 is 0 Å². The van der Waals surface area contributed by atoms with Gasteiger partial charge in [-0.2, -0.15) is 0 Å². The van der Waals surface area contributed by atoms with Crippen molar-refractivity contribution in [3.8, 4) is 0 Å². The second-order valence-corrected chi connectivity index (χ2v) is 5.99. The maximum absolute atomic E-state index is 11.6. The fraction of sp³-hybridized carbons (Fsp3) is 0.400. The number of hydrogen-bond acceptors (Lipinski definition) is 7. The first-order valence-corrected chi connectivity index (χ1v) is 7.05. The van der Waals surface area contributed by atoms with Crippen LogP contribution in [0.5, 0.6) is 0 Å². The van der Waals surface area contributed by atoms with Crippen molar-refractivity contribution in [3.05, 3.63) is 22.5 Å². The third kappa shape index (κ3) is 3.81. The number of nitrogens with zero attached hydrogens (tertiary/aromatic N) is 3.